The normalized spacial score (nSPS) is 17.5. The van der Waals surface area contributed by atoms with Gasteiger partial charge in [0.1, 0.15) is 24.3 Å². The van der Waals surface area contributed by atoms with E-state index in [9.17, 15) is 4.79 Å². The van der Waals surface area contributed by atoms with E-state index in [1.807, 2.05) is 30.3 Å². The Bertz CT molecular complexity index is 1050. The van der Waals surface area contributed by atoms with Crippen LogP contribution in [0.4, 0.5) is 0 Å². The molecule has 4 rings (SSSR count). The van der Waals surface area contributed by atoms with Gasteiger partial charge in [0, 0.05) is 12.8 Å². The van der Waals surface area contributed by atoms with Gasteiger partial charge in [0.25, 0.3) is 0 Å². The summed E-state index contributed by atoms with van der Waals surface area (Å²) < 4.78 is 5.87. The van der Waals surface area contributed by atoms with E-state index in [0.29, 0.717) is 42.1 Å². The van der Waals surface area contributed by atoms with Gasteiger partial charge in [-0.05, 0) is 35.6 Å². The van der Waals surface area contributed by atoms with Crippen LogP contribution in [0.25, 0.3) is 16.8 Å². The van der Waals surface area contributed by atoms with E-state index < -0.39 is 0 Å². The maximum absolute atomic E-state index is 11.4. The molecule has 0 radical (unpaired) electrons. The molecule has 2 aromatic carbocycles. The highest BCUT2D eigenvalue weighted by Gasteiger charge is 2.23. The van der Waals surface area contributed by atoms with Crippen molar-refractivity contribution in [3.63, 3.8) is 0 Å². The van der Waals surface area contributed by atoms with E-state index in [1.54, 1.807) is 6.08 Å². The highest BCUT2D eigenvalue weighted by Crippen LogP contribution is 2.25. The number of aliphatic imine (C=N–C) groups is 2. The first kappa shape index (κ1) is 21.1. The number of halogens is 1. The van der Waals surface area contributed by atoms with Crippen LogP contribution < -0.4 is 5.32 Å². The molecule has 0 aromatic heterocycles. The van der Waals surface area contributed by atoms with E-state index in [-0.39, 0.29) is 6.10 Å². The Hall–Kier alpha value is -3.18. The Kier molecular flexibility index (Phi) is 6.63. The SMILES string of the molecule is C=C/C(Cl)=C(\NC1=NC(OC2CCC(=O)CC2)=NC1)c1ccc(-c2ccccc2)cc1. The van der Waals surface area contributed by atoms with E-state index in [4.69, 9.17) is 16.3 Å². The lowest BCUT2D eigenvalue weighted by atomic mass is 9.97. The number of Topliss-reactive ketones (excluding diaryl/α,β-unsaturated/α-hetero) is 1. The van der Waals surface area contributed by atoms with E-state index in [0.717, 1.165) is 35.2 Å². The first-order chi connectivity index (χ1) is 15.1. The van der Waals surface area contributed by atoms with Crippen molar-refractivity contribution in [3.05, 3.63) is 77.8 Å². The highest BCUT2D eigenvalue weighted by molar-refractivity contribution is 6.34. The average molecular weight is 434 g/mol. The van der Waals surface area contributed by atoms with Crippen LogP contribution in [0.3, 0.4) is 0 Å². The Morgan fingerprint density at radius 2 is 1.74 bits per heavy atom. The number of carbonyl (C=O) groups excluding carboxylic acids is 1. The zero-order valence-corrected chi connectivity index (χ0v) is 17.9. The predicted molar refractivity (Wildman–Crippen MR) is 126 cm³/mol. The summed E-state index contributed by atoms with van der Waals surface area (Å²) in [5.74, 6) is 0.954. The summed E-state index contributed by atoms with van der Waals surface area (Å²) in [5, 5.41) is 3.79. The second-order valence-electron chi connectivity index (χ2n) is 7.51. The number of hydrogen-bond acceptors (Lipinski definition) is 5. The Morgan fingerprint density at radius 3 is 2.42 bits per heavy atom. The number of nitrogens with one attached hydrogen (secondary N) is 1. The topological polar surface area (TPSA) is 63.1 Å². The number of amidine groups is 2. The van der Waals surface area contributed by atoms with Gasteiger partial charge in [-0.15, -0.1) is 0 Å². The van der Waals surface area contributed by atoms with Crippen LogP contribution in [0.2, 0.25) is 0 Å². The first-order valence-electron chi connectivity index (χ1n) is 10.4. The monoisotopic (exact) mass is 433 g/mol. The van der Waals surface area contributed by atoms with Gasteiger partial charge in [-0.2, -0.15) is 4.99 Å². The minimum Gasteiger partial charge on any atom is -0.460 e. The molecular weight excluding hydrogens is 410 g/mol. The summed E-state index contributed by atoms with van der Waals surface area (Å²) in [5.41, 5.74) is 3.92. The van der Waals surface area contributed by atoms with Crippen LogP contribution in [-0.2, 0) is 9.53 Å². The number of allylic oxidation sites excluding steroid dienone is 2. The number of carbonyl (C=O) groups is 1. The van der Waals surface area contributed by atoms with Gasteiger partial charge in [0.2, 0.25) is 0 Å². The number of rotatable bonds is 5. The van der Waals surface area contributed by atoms with Gasteiger partial charge < -0.3 is 10.1 Å². The molecule has 1 aliphatic heterocycles. The maximum Gasteiger partial charge on any atom is 0.314 e. The summed E-state index contributed by atoms with van der Waals surface area (Å²) in [6, 6.07) is 18.7. The molecule has 0 atom stereocenters. The number of hydrogen-bond donors (Lipinski definition) is 1. The molecule has 1 N–H and O–H groups in total. The van der Waals surface area contributed by atoms with Gasteiger partial charge in [0.15, 0.2) is 0 Å². The molecule has 1 fully saturated rings. The summed E-state index contributed by atoms with van der Waals surface area (Å²) >= 11 is 6.45. The molecule has 0 unspecified atom stereocenters. The molecule has 0 bridgehead atoms. The lowest BCUT2D eigenvalue weighted by molar-refractivity contribution is -0.121. The van der Waals surface area contributed by atoms with Gasteiger partial charge in [0.05, 0.1) is 10.7 Å². The largest absolute Gasteiger partial charge is 0.460 e. The third-order valence-corrected chi connectivity index (χ3v) is 5.67. The van der Waals surface area contributed by atoms with Crippen LogP contribution >= 0.6 is 11.6 Å². The van der Waals surface area contributed by atoms with E-state index in [2.05, 4.69) is 46.1 Å². The minimum absolute atomic E-state index is 0.00291. The van der Waals surface area contributed by atoms with Crippen molar-refractivity contribution in [1.82, 2.24) is 5.32 Å². The zero-order valence-electron chi connectivity index (χ0n) is 17.2. The quantitative estimate of drug-likeness (QED) is 0.648. The van der Waals surface area contributed by atoms with Crippen LogP contribution in [0.15, 0.2) is 82.3 Å². The number of ketones is 1. The Balaban J connectivity index is 1.46. The third-order valence-electron chi connectivity index (χ3n) is 5.33. The molecule has 1 heterocycles. The summed E-state index contributed by atoms with van der Waals surface area (Å²) in [7, 11) is 0. The lowest BCUT2D eigenvalue weighted by Gasteiger charge is -2.20. The predicted octanol–water partition coefficient (Wildman–Crippen LogP) is 5.33. The summed E-state index contributed by atoms with van der Waals surface area (Å²) in [6.07, 6.45) is 4.16. The molecule has 158 valence electrons. The average Bonchev–Trinajstić information content (AvgIpc) is 3.26. The Labute approximate surface area is 187 Å². The molecule has 2 aromatic rings. The number of benzene rings is 2. The molecule has 0 saturated heterocycles. The molecule has 6 heteroatoms. The fourth-order valence-corrected chi connectivity index (χ4v) is 3.77. The lowest BCUT2D eigenvalue weighted by Crippen LogP contribution is -2.25. The standard InChI is InChI=1S/C25H24ClN3O2/c1-2-22(26)24(19-10-8-18(9-11-19)17-6-4-3-5-7-17)28-23-16-27-25(29-23)31-21-14-12-20(30)13-15-21/h2-11,21H,1,12-16H2,(H,27,28,29)/b24-22+. The van der Waals surface area contributed by atoms with Crippen molar-refractivity contribution < 1.29 is 9.53 Å². The first-order valence-corrected chi connectivity index (χ1v) is 10.8. The molecular formula is C25H24ClN3O2. The van der Waals surface area contributed by atoms with Crippen molar-refractivity contribution in [3.8, 4) is 11.1 Å². The van der Waals surface area contributed by atoms with Gasteiger partial charge in [-0.25, -0.2) is 4.99 Å². The fraction of sp³-hybridized carbons (Fsp3) is 0.240. The minimum atomic E-state index is -0.00291. The van der Waals surface area contributed by atoms with Gasteiger partial charge in [-0.3, -0.25) is 4.79 Å². The van der Waals surface area contributed by atoms with E-state index >= 15 is 0 Å². The van der Waals surface area contributed by atoms with Crippen molar-refractivity contribution in [2.75, 3.05) is 6.54 Å². The van der Waals surface area contributed by atoms with Crippen molar-refractivity contribution >= 4 is 34.9 Å². The smallest absolute Gasteiger partial charge is 0.314 e. The van der Waals surface area contributed by atoms with Crippen LogP contribution in [0.1, 0.15) is 31.2 Å². The molecule has 5 nitrogen and oxygen atoms in total. The summed E-state index contributed by atoms with van der Waals surface area (Å²) in [4.78, 5) is 20.2. The van der Waals surface area contributed by atoms with Crippen LogP contribution in [-0.4, -0.2) is 30.3 Å². The second kappa shape index (κ2) is 9.75. The highest BCUT2D eigenvalue weighted by atomic mass is 35.5. The molecule has 0 amide bonds. The zero-order chi connectivity index (χ0) is 21.6. The second-order valence-corrected chi connectivity index (χ2v) is 7.92. The maximum atomic E-state index is 11.4. The molecule has 2 aliphatic rings. The molecule has 1 saturated carbocycles. The molecule has 0 spiro atoms. The summed E-state index contributed by atoms with van der Waals surface area (Å²) in [6.45, 7) is 4.18. The number of ether oxygens (including phenoxy) is 1. The number of nitrogens with zero attached hydrogens (tertiary/aromatic N) is 2. The molecule has 1 aliphatic carbocycles. The van der Waals surface area contributed by atoms with Crippen molar-refractivity contribution in [2.45, 2.75) is 31.8 Å². The van der Waals surface area contributed by atoms with E-state index in [1.165, 1.54) is 0 Å². The van der Waals surface area contributed by atoms with Crippen molar-refractivity contribution in [2.24, 2.45) is 9.98 Å². The fourth-order valence-electron chi connectivity index (χ4n) is 3.62. The molecule has 31 heavy (non-hydrogen) atoms. The van der Waals surface area contributed by atoms with Crippen molar-refractivity contribution in [1.29, 1.82) is 0 Å². The van der Waals surface area contributed by atoms with Gasteiger partial charge in [-0.1, -0.05) is 72.8 Å². The van der Waals surface area contributed by atoms with Crippen LogP contribution in [0, 0.1) is 0 Å². The Morgan fingerprint density at radius 1 is 1.06 bits per heavy atom. The third kappa shape index (κ3) is 5.30. The van der Waals surface area contributed by atoms with Gasteiger partial charge >= 0.3 is 6.02 Å². The van der Waals surface area contributed by atoms with Crippen LogP contribution in [0.5, 0.6) is 0 Å².